The highest BCUT2D eigenvalue weighted by atomic mass is 35.6. The smallest absolute Gasteiger partial charge is 0.305 e. The zero-order valence-corrected chi connectivity index (χ0v) is 17.2. The van der Waals surface area contributed by atoms with Crippen LogP contribution in [0.2, 0.25) is 0 Å². The first-order valence-electron chi connectivity index (χ1n) is 6.84. The average molecular weight is 437 g/mol. The fourth-order valence-electron chi connectivity index (χ4n) is 1.63. The van der Waals surface area contributed by atoms with Gasteiger partial charge < -0.3 is 9.05 Å². The van der Waals surface area contributed by atoms with E-state index in [0.29, 0.717) is 0 Å². The summed E-state index contributed by atoms with van der Waals surface area (Å²) in [4.78, 5) is -0.139. The van der Waals surface area contributed by atoms with Crippen molar-refractivity contribution in [2.45, 2.75) is 29.5 Å². The summed E-state index contributed by atoms with van der Waals surface area (Å²) in [6.07, 6.45) is 0. The molecule has 1 aromatic rings. The standard InChI is InChI=1S/C13H17Cl3NO5PS/c1-4-21-23(18,22-5-2)12(13(14,15)16)17-24(19,20)11-8-6-10(3)7-9-11/h6-9H,4-5H2,1-3H3/b17-12+. The first-order valence-corrected chi connectivity index (χ1v) is 11.0. The Balaban J connectivity index is 3.52. The molecule has 0 heterocycles. The fraction of sp³-hybridized carbons (Fsp3) is 0.462. The number of rotatable bonds is 7. The number of sulfonamides is 1. The van der Waals surface area contributed by atoms with Crippen LogP contribution in [0.3, 0.4) is 0 Å². The van der Waals surface area contributed by atoms with Crippen LogP contribution in [-0.2, 0) is 23.6 Å². The molecule has 24 heavy (non-hydrogen) atoms. The Morgan fingerprint density at radius 1 is 1.12 bits per heavy atom. The molecule has 6 nitrogen and oxygen atoms in total. The highest BCUT2D eigenvalue weighted by Crippen LogP contribution is 2.56. The first kappa shape index (κ1) is 21.9. The minimum atomic E-state index is -4.28. The van der Waals surface area contributed by atoms with Gasteiger partial charge >= 0.3 is 7.60 Å². The number of nitrogens with zero attached hydrogens (tertiary/aromatic N) is 1. The number of alkyl halides is 3. The van der Waals surface area contributed by atoms with Crippen LogP contribution in [0.1, 0.15) is 19.4 Å². The Kier molecular flexibility index (Phi) is 7.75. The molecule has 0 atom stereocenters. The molecule has 0 amide bonds. The number of hydrogen-bond donors (Lipinski definition) is 0. The van der Waals surface area contributed by atoms with E-state index in [1.165, 1.54) is 26.0 Å². The second kappa shape index (κ2) is 8.49. The topological polar surface area (TPSA) is 82.0 Å². The lowest BCUT2D eigenvalue weighted by Gasteiger charge is -2.22. The van der Waals surface area contributed by atoms with Crippen LogP contribution in [0.25, 0.3) is 0 Å². The SMILES string of the molecule is CCOP(=O)(OCC)/C(=N/S(=O)(=O)c1ccc(C)cc1)C(Cl)(Cl)Cl. The van der Waals surface area contributed by atoms with E-state index in [2.05, 4.69) is 4.40 Å². The molecule has 0 bridgehead atoms. The summed E-state index contributed by atoms with van der Waals surface area (Å²) in [6.45, 7) is 4.76. The predicted molar refractivity (Wildman–Crippen MR) is 96.9 cm³/mol. The Hall–Kier alpha value is -0.140. The van der Waals surface area contributed by atoms with Crippen molar-refractivity contribution in [1.29, 1.82) is 0 Å². The summed E-state index contributed by atoms with van der Waals surface area (Å²) in [6, 6.07) is 5.86. The van der Waals surface area contributed by atoms with Crippen molar-refractivity contribution in [3.05, 3.63) is 29.8 Å². The lowest BCUT2D eigenvalue weighted by atomic mass is 10.2. The first-order chi connectivity index (χ1) is 11.0. The van der Waals surface area contributed by atoms with Crippen molar-refractivity contribution in [3.63, 3.8) is 0 Å². The summed E-state index contributed by atoms with van der Waals surface area (Å²) in [5, 5.41) is 0. The van der Waals surface area contributed by atoms with Crippen molar-refractivity contribution in [1.82, 2.24) is 0 Å². The number of benzene rings is 1. The number of aryl methyl sites for hydroxylation is 1. The molecule has 0 fully saturated rings. The van der Waals surface area contributed by atoms with E-state index in [1.54, 1.807) is 19.1 Å². The van der Waals surface area contributed by atoms with E-state index >= 15 is 0 Å². The fourth-order valence-corrected chi connectivity index (χ4v) is 5.82. The molecule has 0 radical (unpaired) electrons. The lowest BCUT2D eigenvalue weighted by Crippen LogP contribution is -2.23. The van der Waals surface area contributed by atoms with Crippen LogP contribution in [0.5, 0.6) is 0 Å². The molecule has 0 aliphatic carbocycles. The molecule has 1 aromatic carbocycles. The lowest BCUT2D eigenvalue weighted by molar-refractivity contribution is 0.232. The van der Waals surface area contributed by atoms with Gasteiger partial charge in [-0.25, -0.2) is 0 Å². The number of halogens is 3. The Morgan fingerprint density at radius 3 is 1.96 bits per heavy atom. The normalized spacial score (nSPS) is 14.0. The van der Waals surface area contributed by atoms with Gasteiger partial charge in [-0.1, -0.05) is 52.5 Å². The second-order valence-corrected chi connectivity index (χ2v) is 10.4. The van der Waals surface area contributed by atoms with Crippen LogP contribution < -0.4 is 0 Å². The summed E-state index contributed by atoms with van der Waals surface area (Å²) < 4.78 is 48.9. The van der Waals surface area contributed by atoms with Crippen LogP contribution in [0.15, 0.2) is 33.6 Å². The maximum Gasteiger partial charge on any atom is 0.380 e. The van der Waals surface area contributed by atoms with E-state index in [9.17, 15) is 13.0 Å². The zero-order chi connectivity index (χ0) is 18.6. The molecule has 0 saturated carbocycles. The third-order valence-corrected chi connectivity index (χ3v) is 7.15. The molecule has 0 saturated heterocycles. The van der Waals surface area contributed by atoms with Crippen LogP contribution in [0, 0.1) is 6.92 Å². The molecular formula is C13H17Cl3NO5PS. The molecule has 0 aliphatic heterocycles. The molecule has 0 aliphatic rings. The Morgan fingerprint density at radius 2 is 1.58 bits per heavy atom. The van der Waals surface area contributed by atoms with Crippen LogP contribution in [-0.4, -0.2) is 30.9 Å². The Labute approximate surface area is 156 Å². The van der Waals surface area contributed by atoms with Crippen molar-refractivity contribution < 1.29 is 22.0 Å². The minimum absolute atomic E-state index is 0.0539. The van der Waals surface area contributed by atoms with Crippen LogP contribution >= 0.6 is 42.4 Å². The van der Waals surface area contributed by atoms with Crippen molar-refractivity contribution >= 4 is 57.9 Å². The van der Waals surface area contributed by atoms with E-state index < -0.39 is 26.9 Å². The molecule has 0 unspecified atom stereocenters. The molecular weight excluding hydrogens is 420 g/mol. The third-order valence-electron chi connectivity index (χ3n) is 2.64. The van der Waals surface area contributed by atoms with Crippen molar-refractivity contribution in [3.8, 4) is 0 Å². The van der Waals surface area contributed by atoms with Gasteiger partial charge in [0, 0.05) is 0 Å². The van der Waals surface area contributed by atoms with Gasteiger partial charge in [0.2, 0.25) is 3.79 Å². The van der Waals surface area contributed by atoms with Crippen molar-refractivity contribution in [2.75, 3.05) is 13.2 Å². The molecule has 1 rings (SSSR count). The number of hydrogen-bond acceptors (Lipinski definition) is 5. The monoisotopic (exact) mass is 435 g/mol. The highest BCUT2D eigenvalue weighted by molar-refractivity contribution is 7.91. The van der Waals surface area contributed by atoms with E-state index in [0.717, 1.165) is 5.56 Å². The summed E-state index contributed by atoms with van der Waals surface area (Å²) in [7, 11) is -8.48. The predicted octanol–water partition coefficient (Wildman–Crippen LogP) is 4.72. The van der Waals surface area contributed by atoms with Gasteiger partial charge in [0.25, 0.3) is 10.0 Å². The van der Waals surface area contributed by atoms with Gasteiger partial charge in [-0.3, -0.25) is 4.57 Å². The van der Waals surface area contributed by atoms with Gasteiger partial charge in [-0.2, -0.15) is 12.8 Å². The molecule has 11 heteroatoms. The van der Waals surface area contributed by atoms with E-state index in [1.807, 2.05) is 0 Å². The van der Waals surface area contributed by atoms with Gasteiger partial charge in [0.15, 0.2) is 5.45 Å². The largest absolute Gasteiger partial charge is 0.380 e. The summed E-state index contributed by atoms with van der Waals surface area (Å²) >= 11 is 17.3. The van der Waals surface area contributed by atoms with Gasteiger partial charge in [-0.05, 0) is 32.9 Å². The quantitative estimate of drug-likeness (QED) is 0.351. The van der Waals surface area contributed by atoms with Crippen LogP contribution in [0.4, 0.5) is 0 Å². The van der Waals surface area contributed by atoms with Gasteiger partial charge in [0.05, 0.1) is 18.1 Å². The van der Waals surface area contributed by atoms with E-state index in [-0.39, 0.29) is 18.1 Å². The molecule has 0 aromatic heterocycles. The van der Waals surface area contributed by atoms with Gasteiger partial charge in [0.1, 0.15) is 0 Å². The summed E-state index contributed by atoms with van der Waals surface area (Å²) in [5.74, 6) is 0. The van der Waals surface area contributed by atoms with Crippen molar-refractivity contribution in [2.24, 2.45) is 4.40 Å². The minimum Gasteiger partial charge on any atom is -0.305 e. The summed E-state index contributed by atoms with van der Waals surface area (Å²) in [5.41, 5.74) is 0.0538. The Bertz CT molecular complexity index is 734. The maximum absolute atomic E-state index is 12.8. The molecule has 0 spiro atoms. The second-order valence-electron chi connectivity index (χ2n) is 4.53. The highest BCUT2D eigenvalue weighted by Gasteiger charge is 2.46. The third kappa shape index (κ3) is 5.70. The zero-order valence-electron chi connectivity index (χ0n) is 13.2. The molecule has 0 N–H and O–H groups in total. The average Bonchev–Trinajstić information content (AvgIpc) is 2.44. The van der Waals surface area contributed by atoms with Gasteiger partial charge in [-0.15, -0.1) is 0 Å². The molecule has 136 valence electrons. The maximum atomic E-state index is 12.8. The van der Waals surface area contributed by atoms with E-state index in [4.69, 9.17) is 43.9 Å².